The molecule has 1 aliphatic rings. The van der Waals surface area contributed by atoms with Gasteiger partial charge in [0.25, 0.3) is 23.6 Å². The van der Waals surface area contributed by atoms with Crippen LogP contribution in [0.2, 0.25) is 0 Å². The molecule has 0 radical (unpaired) electrons. The Balaban J connectivity index is 1.57. The van der Waals surface area contributed by atoms with Crippen LogP contribution < -0.4 is 0 Å². The van der Waals surface area contributed by atoms with Gasteiger partial charge in [0.2, 0.25) is 0 Å². The van der Waals surface area contributed by atoms with Crippen LogP contribution >= 0.6 is 0 Å². The lowest BCUT2D eigenvalue weighted by Crippen LogP contribution is -2.55. The number of cyclic esters (lactones) is 4. The summed E-state index contributed by atoms with van der Waals surface area (Å²) in [5, 5.41) is 9.09. The van der Waals surface area contributed by atoms with Gasteiger partial charge < -0.3 is 48.0 Å². The molecule has 1 fully saturated rings. The van der Waals surface area contributed by atoms with E-state index in [1.54, 1.807) is 26.6 Å². The molecule has 0 unspecified atom stereocenters. The molecule has 0 spiro atoms. The molecule has 2 aromatic carbocycles. The molecule has 508 valence electrons. The standard InChI is InChI=1S/C70H104N8O14/c1-43(2)33-55-65(83)89-47(9)61(79)73(15)58(36-46(7)8)68(86)92-60(38-50-23-27-52(28-24-50)42-78-54(30-32-72-78)40-70(13,14)88-20)64(82)76(18)56(34-44(3)4)66(84)90-48(10)62(80)74(16)57(35-45(5)6)67(85)91-59(63(81)75(55)17)37-49-21-25-51(26-22-49)41-77-53(29-31-71-77)39-69(11,12)87-19/h21-32,43-48,55-60H,33-42H2,1-20H3/t47-,48-,55+,56+,57+,58+,59-,60-/m1/s1. The average molecular weight is 1280 g/mol. The minimum atomic E-state index is -1.56. The van der Waals surface area contributed by atoms with E-state index in [1.807, 2.05) is 153 Å². The quantitative estimate of drug-likeness (QED) is 0.0533. The number of ether oxygens (including phenoxy) is 6. The van der Waals surface area contributed by atoms with Crippen LogP contribution in [0.15, 0.2) is 73.1 Å². The molecule has 8 atom stereocenters. The van der Waals surface area contributed by atoms with Crippen LogP contribution in [0.5, 0.6) is 0 Å². The maximum atomic E-state index is 15.2. The van der Waals surface area contributed by atoms with Gasteiger partial charge in [0.1, 0.15) is 24.2 Å². The third-order valence-corrected chi connectivity index (χ3v) is 17.0. The normalized spacial score (nSPS) is 22.2. The monoisotopic (exact) mass is 1280 g/mol. The smallest absolute Gasteiger partial charge is 0.329 e. The third kappa shape index (κ3) is 21.3. The number of carbonyl (C=O) groups is 8. The number of hydrogen-bond donors (Lipinski definition) is 0. The summed E-state index contributed by atoms with van der Waals surface area (Å²) < 4.78 is 39.6. The maximum absolute atomic E-state index is 15.2. The van der Waals surface area contributed by atoms with Crippen LogP contribution in [-0.4, -0.2) is 189 Å². The Morgan fingerprint density at radius 3 is 0.946 bits per heavy atom. The minimum absolute atomic E-state index is 0.0690. The first kappa shape index (κ1) is 75.3. The van der Waals surface area contributed by atoms with Gasteiger partial charge in [-0.2, -0.15) is 10.2 Å². The van der Waals surface area contributed by atoms with Crippen molar-refractivity contribution in [3.8, 4) is 0 Å². The van der Waals surface area contributed by atoms with Gasteiger partial charge in [-0.3, -0.25) is 28.5 Å². The van der Waals surface area contributed by atoms with Gasteiger partial charge in [0.05, 0.1) is 24.3 Å². The number of nitrogens with zero attached hydrogens (tertiary/aromatic N) is 8. The molecule has 2 aromatic heterocycles. The van der Waals surface area contributed by atoms with E-state index in [4.69, 9.17) is 28.4 Å². The van der Waals surface area contributed by atoms with Crippen LogP contribution in [-0.2, 0) is 106 Å². The van der Waals surface area contributed by atoms with Crippen molar-refractivity contribution in [2.75, 3.05) is 42.4 Å². The zero-order valence-corrected chi connectivity index (χ0v) is 58.2. The van der Waals surface area contributed by atoms with Gasteiger partial charge in [0, 0.05) is 91.9 Å². The van der Waals surface area contributed by atoms with E-state index < -0.39 is 107 Å². The predicted molar refractivity (Wildman–Crippen MR) is 347 cm³/mol. The highest BCUT2D eigenvalue weighted by atomic mass is 16.6. The van der Waals surface area contributed by atoms with Crippen molar-refractivity contribution in [2.45, 2.75) is 221 Å². The molecule has 0 bridgehead atoms. The summed E-state index contributed by atoms with van der Waals surface area (Å²) in [4.78, 5) is 123. The van der Waals surface area contributed by atoms with Crippen molar-refractivity contribution in [1.29, 1.82) is 0 Å². The second-order valence-corrected chi connectivity index (χ2v) is 27.7. The first-order valence-corrected chi connectivity index (χ1v) is 32.2. The lowest BCUT2D eigenvalue weighted by Gasteiger charge is -2.35. The number of benzene rings is 2. The zero-order chi connectivity index (χ0) is 68.7. The van der Waals surface area contributed by atoms with Crippen molar-refractivity contribution in [3.63, 3.8) is 0 Å². The second kappa shape index (κ2) is 33.4. The molecule has 92 heavy (non-hydrogen) atoms. The fraction of sp³-hybridized carbons (Fsp3) is 0.629. The Labute approximate surface area is 545 Å². The molecule has 3 heterocycles. The SMILES string of the molecule is COC(C)(C)Cc1ccnn1Cc1ccc(C[C@H]2OC(=O)[C@H](CC(C)C)N(C)C(=O)[C@@H](C)OC(=O)[C@H](CC(C)C)N(C)C(=O)[C@@H](Cc3ccc(Cn4nccc4CC(C)(C)OC)cc3)OC(=O)[C@H](CC(C)C)N(C)C(=O)[C@@H](C)OC(=O)[C@H](CC(C)C)N(C)C2=O)cc1. The topological polar surface area (TPSA) is 241 Å². The van der Waals surface area contributed by atoms with E-state index in [2.05, 4.69) is 10.2 Å². The number of rotatable bonds is 22. The van der Waals surface area contributed by atoms with E-state index in [0.29, 0.717) is 37.1 Å². The molecule has 0 aliphatic carbocycles. The molecular weight excluding hydrogens is 1180 g/mol. The first-order valence-electron chi connectivity index (χ1n) is 32.2. The van der Waals surface area contributed by atoms with Crippen molar-refractivity contribution in [1.82, 2.24) is 39.2 Å². The zero-order valence-electron chi connectivity index (χ0n) is 58.2. The van der Waals surface area contributed by atoms with Crippen LogP contribution in [0.3, 0.4) is 0 Å². The summed E-state index contributed by atoms with van der Waals surface area (Å²) in [6.45, 7) is 26.4. The molecule has 5 rings (SSSR count). The molecule has 22 heteroatoms. The van der Waals surface area contributed by atoms with Crippen LogP contribution in [0, 0.1) is 23.7 Å². The Morgan fingerprint density at radius 2 is 0.674 bits per heavy atom. The number of methoxy groups -OCH3 is 2. The largest absolute Gasteiger partial charge is 0.451 e. The van der Waals surface area contributed by atoms with Gasteiger partial charge in [-0.1, -0.05) is 104 Å². The average Bonchev–Trinajstić information content (AvgIpc) is 1.05. The number of amides is 4. The van der Waals surface area contributed by atoms with E-state index in [9.17, 15) is 28.8 Å². The Bertz CT molecular complexity index is 2890. The Kier molecular flexibility index (Phi) is 27.3. The number of hydrogen-bond acceptors (Lipinski definition) is 16. The van der Waals surface area contributed by atoms with Crippen molar-refractivity contribution in [2.24, 2.45) is 23.7 Å². The van der Waals surface area contributed by atoms with Gasteiger partial charge in [0.15, 0.2) is 24.4 Å². The van der Waals surface area contributed by atoms with Gasteiger partial charge in [-0.15, -0.1) is 0 Å². The molecule has 1 aliphatic heterocycles. The highest BCUT2D eigenvalue weighted by Gasteiger charge is 2.43. The summed E-state index contributed by atoms with van der Waals surface area (Å²) in [6, 6.07) is 13.5. The first-order chi connectivity index (χ1) is 43.0. The molecule has 1 saturated heterocycles. The minimum Gasteiger partial charge on any atom is -0.451 e. The maximum Gasteiger partial charge on any atom is 0.329 e. The van der Waals surface area contributed by atoms with E-state index in [0.717, 1.165) is 42.1 Å². The Morgan fingerprint density at radius 1 is 0.413 bits per heavy atom. The van der Waals surface area contributed by atoms with Gasteiger partial charge in [-0.25, -0.2) is 19.2 Å². The van der Waals surface area contributed by atoms with E-state index >= 15 is 9.59 Å². The molecule has 0 N–H and O–H groups in total. The van der Waals surface area contributed by atoms with E-state index in [-0.39, 0.29) is 62.2 Å². The lowest BCUT2D eigenvalue weighted by molar-refractivity contribution is -0.176. The number of esters is 4. The fourth-order valence-corrected chi connectivity index (χ4v) is 11.1. The summed E-state index contributed by atoms with van der Waals surface area (Å²) in [7, 11) is 8.91. The van der Waals surface area contributed by atoms with Gasteiger partial charge >= 0.3 is 23.9 Å². The van der Waals surface area contributed by atoms with Gasteiger partial charge in [-0.05, 0) is 125 Å². The van der Waals surface area contributed by atoms with Crippen LogP contribution in [0.4, 0.5) is 0 Å². The summed E-state index contributed by atoms with van der Waals surface area (Å²) >= 11 is 0. The number of aromatic nitrogens is 4. The molecule has 22 nitrogen and oxygen atoms in total. The number of carbonyl (C=O) groups excluding carboxylic acids is 8. The van der Waals surface area contributed by atoms with Crippen molar-refractivity contribution in [3.05, 3.63) is 107 Å². The summed E-state index contributed by atoms with van der Waals surface area (Å²) in [6.07, 6.45) is -1.46. The number of likely N-dealkylation sites (N-methyl/N-ethyl adjacent to an activating group) is 4. The Hall–Kier alpha value is -7.46. The summed E-state index contributed by atoms with van der Waals surface area (Å²) in [5.74, 6) is -7.57. The van der Waals surface area contributed by atoms with Crippen LogP contribution in [0.25, 0.3) is 0 Å². The second-order valence-electron chi connectivity index (χ2n) is 27.7. The van der Waals surface area contributed by atoms with Crippen molar-refractivity contribution >= 4 is 47.5 Å². The third-order valence-electron chi connectivity index (χ3n) is 17.0. The van der Waals surface area contributed by atoms with E-state index in [1.165, 1.54) is 42.0 Å². The molecule has 0 saturated carbocycles. The van der Waals surface area contributed by atoms with Crippen molar-refractivity contribution < 1.29 is 66.8 Å². The predicted octanol–water partition coefficient (Wildman–Crippen LogP) is 8.09. The van der Waals surface area contributed by atoms with Crippen LogP contribution in [0.1, 0.15) is 156 Å². The highest BCUT2D eigenvalue weighted by Crippen LogP contribution is 2.26. The lowest BCUT2D eigenvalue weighted by atomic mass is 9.99. The molecule has 4 aromatic rings. The highest BCUT2D eigenvalue weighted by molar-refractivity contribution is 5.94. The summed E-state index contributed by atoms with van der Waals surface area (Å²) in [5.41, 5.74) is 4.08. The fourth-order valence-electron chi connectivity index (χ4n) is 11.1. The molecular formula is C70H104N8O14. The molecule has 4 amide bonds.